The number of nitrogen functional groups attached to an aromatic ring is 1. The first-order valence-electron chi connectivity index (χ1n) is 9.07. The van der Waals surface area contributed by atoms with Crippen molar-refractivity contribution in [3.63, 3.8) is 0 Å². The summed E-state index contributed by atoms with van der Waals surface area (Å²) in [5.74, 6) is 2.33. The molecule has 0 spiro atoms. The second kappa shape index (κ2) is 7.54. The molecule has 1 fully saturated rings. The summed E-state index contributed by atoms with van der Waals surface area (Å²) in [5, 5.41) is 0. The molecule has 4 nitrogen and oxygen atoms in total. The number of hydrogen-bond donors (Lipinski definition) is 1. The molecule has 4 rings (SSSR count). The van der Waals surface area contributed by atoms with Gasteiger partial charge in [-0.25, -0.2) is 0 Å². The van der Waals surface area contributed by atoms with Crippen molar-refractivity contribution < 1.29 is 14.3 Å². The average Bonchev–Trinajstić information content (AvgIpc) is 3.54. The first-order chi connectivity index (χ1) is 13.2. The smallest absolute Gasteiger partial charge is 0.166 e. The third-order valence-corrected chi connectivity index (χ3v) is 4.54. The van der Waals surface area contributed by atoms with Crippen molar-refractivity contribution in [2.45, 2.75) is 19.4 Å². The number of rotatable bonds is 7. The van der Waals surface area contributed by atoms with Gasteiger partial charge in [0.15, 0.2) is 5.78 Å². The van der Waals surface area contributed by atoms with Crippen LogP contribution < -0.4 is 15.2 Å². The molecule has 0 atom stereocenters. The summed E-state index contributed by atoms with van der Waals surface area (Å²) in [7, 11) is 0. The molecule has 27 heavy (non-hydrogen) atoms. The Morgan fingerprint density at radius 3 is 2.30 bits per heavy atom. The zero-order valence-corrected chi connectivity index (χ0v) is 14.9. The van der Waals surface area contributed by atoms with Crippen molar-refractivity contribution in [1.82, 2.24) is 0 Å². The summed E-state index contributed by atoms with van der Waals surface area (Å²) in [6, 6.07) is 22.6. The van der Waals surface area contributed by atoms with E-state index in [1.807, 2.05) is 54.6 Å². The lowest BCUT2D eigenvalue weighted by molar-refractivity contribution is 0.0967. The molecule has 0 bridgehead atoms. The van der Waals surface area contributed by atoms with Gasteiger partial charge in [0.05, 0.1) is 5.69 Å². The van der Waals surface area contributed by atoms with E-state index in [1.165, 1.54) is 0 Å². The van der Waals surface area contributed by atoms with Crippen molar-refractivity contribution >= 4 is 11.5 Å². The Balaban J connectivity index is 1.38. The molecule has 0 aliphatic heterocycles. The van der Waals surface area contributed by atoms with Crippen LogP contribution in [0.1, 0.15) is 28.8 Å². The fraction of sp³-hybridized carbons (Fsp3) is 0.174. The van der Waals surface area contributed by atoms with Crippen LogP contribution in [0.25, 0.3) is 0 Å². The molecule has 0 aromatic heterocycles. The zero-order chi connectivity index (χ0) is 18.6. The van der Waals surface area contributed by atoms with Gasteiger partial charge in [0.25, 0.3) is 0 Å². The molecule has 4 heteroatoms. The van der Waals surface area contributed by atoms with Crippen LogP contribution in [0.15, 0.2) is 72.8 Å². The lowest BCUT2D eigenvalue weighted by atomic mass is 10.1. The fourth-order valence-electron chi connectivity index (χ4n) is 2.85. The highest BCUT2D eigenvalue weighted by atomic mass is 16.5. The van der Waals surface area contributed by atoms with Crippen LogP contribution in [0.2, 0.25) is 0 Å². The first-order valence-corrected chi connectivity index (χ1v) is 9.07. The van der Waals surface area contributed by atoms with Crippen LogP contribution in [-0.4, -0.2) is 5.78 Å². The minimum absolute atomic E-state index is 0.174. The Kier molecular flexibility index (Phi) is 4.79. The minimum Gasteiger partial charge on any atom is -0.489 e. The summed E-state index contributed by atoms with van der Waals surface area (Å²) >= 11 is 0. The van der Waals surface area contributed by atoms with E-state index in [9.17, 15) is 4.79 Å². The van der Waals surface area contributed by atoms with E-state index in [4.69, 9.17) is 15.2 Å². The Hall–Kier alpha value is -3.27. The van der Waals surface area contributed by atoms with Crippen LogP contribution in [0.5, 0.6) is 17.2 Å². The van der Waals surface area contributed by atoms with Crippen molar-refractivity contribution in [2.24, 2.45) is 5.92 Å². The molecule has 3 aromatic carbocycles. The summed E-state index contributed by atoms with van der Waals surface area (Å²) in [5.41, 5.74) is 8.31. The maximum absolute atomic E-state index is 12.1. The maximum atomic E-state index is 12.1. The first kappa shape index (κ1) is 17.2. The van der Waals surface area contributed by atoms with Crippen LogP contribution in [-0.2, 0) is 6.61 Å². The molecule has 0 amide bonds. The molecule has 0 radical (unpaired) electrons. The third-order valence-electron chi connectivity index (χ3n) is 4.54. The van der Waals surface area contributed by atoms with Gasteiger partial charge in [0.1, 0.15) is 23.9 Å². The molecule has 0 saturated heterocycles. The van der Waals surface area contributed by atoms with E-state index < -0.39 is 0 Å². The predicted octanol–water partition coefficient (Wildman–Crippen LogP) is 5.23. The van der Waals surface area contributed by atoms with E-state index in [-0.39, 0.29) is 11.7 Å². The molecule has 1 aliphatic rings. The molecule has 1 saturated carbocycles. The molecular weight excluding hydrogens is 338 g/mol. The molecular formula is C23H21NO3. The molecule has 2 N–H and O–H groups in total. The van der Waals surface area contributed by atoms with Gasteiger partial charge in [-0.2, -0.15) is 0 Å². The van der Waals surface area contributed by atoms with Crippen molar-refractivity contribution in [1.29, 1.82) is 0 Å². The van der Waals surface area contributed by atoms with Gasteiger partial charge in [-0.05, 0) is 60.9 Å². The van der Waals surface area contributed by atoms with E-state index in [0.29, 0.717) is 29.4 Å². The summed E-state index contributed by atoms with van der Waals surface area (Å²) in [6.45, 7) is 0.518. The van der Waals surface area contributed by atoms with E-state index >= 15 is 0 Å². The van der Waals surface area contributed by atoms with Gasteiger partial charge in [0, 0.05) is 11.5 Å². The Morgan fingerprint density at radius 1 is 0.926 bits per heavy atom. The molecule has 1 aliphatic carbocycles. The zero-order valence-electron chi connectivity index (χ0n) is 14.9. The van der Waals surface area contributed by atoms with Gasteiger partial charge in [-0.15, -0.1) is 0 Å². The Morgan fingerprint density at radius 2 is 1.63 bits per heavy atom. The summed E-state index contributed by atoms with van der Waals surface area (Å²) in [6.07, 6.45) is 1.96. The van der Waals surface area contributed by atoms with Crippen LogP contribution >= 0.6 is 0 Å². The van der Waals surface area contributed by atoms with Crippen LogP contribution in [0.4, 0.5) is 5.69 Å². The quantitative estimate of drug-likeness (QED) is 0.463. The number of benzene rings is 3. The third kappa shape index (κ3) is 4.29. The number of ketones is 1. The SMILES string of the molecule is Nc1cc(C(=O)C2CC2)ccc1Oc1ccc(OCc2ccccc2)cc1. The van der Waals surface area contributed by atoms with Gasteiger partial charge in [-0.1, -0.05) is 30.3 Å². The standard InChI is InChI=1S/C23H21NO3/c24-21-14-18(23(25)17-6-7-17)8-13-22(21)27-20-11-9-19(10-12-20)26-15-16-4-2-1-3-5-16/h1-5,8-14,17H,6-7,15,24H2. The molecule has 0 unspecified atom stereocenters. The number of carbonyl (C=O) groups excluding carboxylic acids is 1. The number of ether oxygens (including phenoxy) is 2. The van der Waals surface area contributed by atoms with Gasteiger partial charge >= 0.3 is 0 Å². The summed E-state index contributed by atoms with van der Waals surface area (Å²) < 4.78 is 11.6. The topological polar surface area (TPSA) is 61.6 Å². The fourth-order valence-corrected chi connectivity index (χ4v) is 2.85. The number of carbonyl (C=O) groups is 1. The summed E-state index contributed by atoms with van der Waals surface area (Å²) in [4.78, 5) is 12.1. The second-order valence-corrected chi connectivity index (χ2v) is 6.74. The van der Waals surface area contributed by atoms with Crippen molar-refractivity contribution in [3.8, 4) is 17.2 Å². The average molecular weight is 359 g/mol. The van der Waals surface area contributed by atoms with E-state index in [1.54, 1.807) is 18.2 Å². The number of Topliss-reactive ketones (excluding diaryl/α,β-unsaturated/α-hetero) is 1. The van der Waals surface area contributed by atoms with Crippen molar-refractivity contribution in [2.75, 3.05) is 5.73 Å². The number of anilines is 1. The van der Waals surface area contributed by atoms with E-state index in [0.717, 1.165) is 24.2 Å². The molecule has 136 valence electrons. The number of hydrogen-bond acceptors (Lipinski definition) is 4. The minimum atomic E-state index is 0.174. The number of nitrogens with two attached hydrogens (primary N) is 1. The molecule has 3 aromatic rings. The second-order valence-electron chi connectivity index (χ2n) is 6.74. The highest BCUT2D eigenvalue weighted by molar-refractivity contribution is 6.00. The monoisotopic (exact) mass is 359 g/mol. The lowest BCUT2D eigenvalue weighted by Gasteiger charge is -2.11. The normalized spacial score (nSPS) is 13.2. The van der Waals surface area contributed by atoms with Gasteiger partial charge in [-0.3, -0.25) is 4.79 Å². The van der Waals surface area contributed by atoms with Crippen LogP contribution in [0, 0.1) is 5.92 Å². The predicted molar refractivity (Wildman–Crippen MR) is 105 cm³/mol. The molecule has 0 heterocycles. The van der Waals surface area contributed by atoms with Crippen molar-refractivity contribution in [3.05, 3.63) is 83.9 Å². The van der Waals surface area contributed by atoms with Crippen LogP contribution in [0.3, 0.4) is 0 Å². The van der Waals surface area contributed by atoms with E-state index in [2.05, 4.69) is 0 Å². The highest BCUT2D eigenvalue weighted by Gasteiger charge is 2.30. The highest BCUT2D eigenvalue weighted by Crippen LogP contribution is 2.35. The van der Waals surface area contributed by atoms with Gasteiger partial charge < -0.3 is 15.2 Å². The van der Waals surface area contributed by atoms with Gasteiger partial charge in [0.2, 0.25) is 0 Å². The lowest BCUT2D eigenvalue weighted by Crippen LogP contribution is -2.03. The largest absolute Gasteiger partial charge is 0.489 e. The Labute approximate surface area is 158 Å². The Bertz CT molecular complexity index is 932. The maximum Gasteiger partial charge on any atom is 0.166 e.